The first-order valence-corrected chi connectivity index (χ1v) is 13.1. The number of aliphatic carboxylic acids is 1. The SMILES string of the molecule is Cc1ccc(C(C(=O)O)N2CCC(N3CCC(Cc4ccc5c(n4)NCCC5)CC3)CC2)cc1. The standard InChI is InChI=1S/C28H38N4O2/c1-20-4-6-22(7-5-20)26(28(33)34)32-17-12-25(13-18-32)31-15-10-21(11-16-31)19-24-9-8-23-3-2-14-29-27(23)30-24/h4-9,21,25-26H,2-3,10-19H2,1H3,(H,29,30)(H,33,34). The first-order chi connectivity index (χ1) is 16.6. The molecule has 3 aliphatic rings. The van der Waals surface area contributed by atoms with Gasteiger partial charge in [-0.15, -0.1) is 0 Å². The van der Waals surface area contributed by atoms with E-state index in [4.69, 9.17) is 4.98 Å². The molecule has 1 aromatic heterocycles. The molecule has 1 atom stereocenters. The van der Waals surface area contributed by atoms with Crippen LogP contribution in [0.5, 0.6) is 0 Å². The fourth-order valence-electron chi connectivity index (χ4n) is 6.07. The van der Waals surface area contributed by atoms with E-state index in [0.29, 0.717) is 12.0 Å². The van der Waals surface area contributed by atoms with Gasteiger partial charge in [-0.3, -0.25) is 9.69 Å². The van der Waals surface area contributed by atoms with Crippen molar-refractivity contribution in [1.29, 1.82) is 0 Å². The van der Waals surface area contributed by atoms with E-state index < -0.39 is 12.0 Å². The molecule has 0 spiro atoms. The minimum atomic E-state index is -0.742. The highest BCUT2D eigenvalue weighted by atomic mass is 16.4. The third-order valence-electron chi connectivity index (χ3n) is 8.11. The number of pyridine rings is 1. The molecule has 3 aliphatic heterocycles. The van der Waals surface area contributed by atoms with Crippen LogP contribution >= 0.6 is 0 Å². The topological polar surface area (TPSA) is 68.7 Å². The predicted molar refractivity (Wildman–Crippen MR) is 135 cm³/mol. The normalized spacial score (nSPS) is 21.6. The largest absolute Gasteiger partial charge is 0.480 e. The molecule has 1 unspecified atom stereocenters. The van der Waals surface area contributed by atoms with Gasteiger partial charge in [-0.05, 0) is 88.1 Å². The maximum Gasteiger partial charge on any atom is 0.325 e. The monoisotopic (exact) mass is 462 g/mol. The van der Waals surface area contributed by atoms with Crippen molar-refractivity contribution in [1.82, 2.24) is 14.8 Å². The number of nitrogens with zero attached hydrogens (tertiary/aromatic N) is 3. The lowest BCUT2D eigenvalue weighted by Crippen LogP contribution is -2.49. The molecule has 2 fully saturated rings. The van der Waals surface area contributed by atoms with Crippen LogP contribution in [-0.2, 0) is 17.6 Å². The number of nitrogens with one attached hydrogen (secondary N) is 1. The Morgan fingerprint density at radius 3 is 2.50 bits per heavy atom. The zero-order valence-electron chi connectivity index (χ0n) is 20.4. The number of aromatic nitrogens is 1. The molecule has 182 valence electrons. The number of carboxylic acid groups (broad SMARTS) is 1. The Morgan fingerprint density at radius 2 is 1.79 bits per heavy atom. The molecule has 2 saturated heterocycles. The summed E-state index contributed by atoms with van der Waals surface area (Å²) in [7, 11) is 0. The van der Waals surface area contributed by atoms with Gasteiger partial charge in [-0.1, -0.05) is 35.9 Å². The Balaban J connectivity index is 1.11. The van der Waals surface area contributed by atoms with Crippen LogP contribution in [-0.4, -0.2) is 64.6 Å². The number of fused-ring (bicyclic) bond motifs is 1. The van der Waals surface area contributed by atoms with Crippen LogP contribution in [0.15, 0.2) is 36.4 Å². The zero-order chi connectivity index (χ0) is 23.5. The number of likely N-dealkylation sites (tertiary alicyclic amines) is 2. The number of carboxylic acids is 1. The van der Waals surface area contributed by atoms with Crippen LogP contribution in [0.1, 0.15) is 60.5 Å². The minimum Gasteiger partial charge on any atom is -0.480 e. The van der Waals surface area contributed by atoms with Crippen molar-refractivity contribution in [3.63, 3.8) is 0 Å². The second-order valence-corrected chi connectivity index (χ2v) is 10.4. The van der Waals surface area contributed by atoms with Crippen LogP contribution in [0.25, 0.3) is 0 Å². The van der Waals surface area contributed by atoms with Gasteiger partial charge >= 0.3 is 5.97 Å². The first kappa shape index (κ1) is 23.3. The Labute approximate surface area is 203 Å². The second-order valence-electron chi connectivity index (χ2n) is 10.4. The van der Waals surface area contributed by atoms with E-state index in [9.17, 15) is 9.90 Å². The van der Waals surface area contributed by atoms with E-state index in [2.05, 4.69) is 27.2 Å². The van der Waals surface area contributed by atoms with Crippen molar-refractivity contribution >= 4 is 11.8 Å². The van der Waals surface area contributed by atoms with Gasteiger partial charge < -0.3 is 15.3 Å². The minimum absolute atomic E-state index is 0.536. The number of piperidine rings is 2. The summed E-state index contributed by atoms with van der Waals surface area (Å²) in [6.45, 7) is 7.08. The molecule has 2 N–H and O–H groups in total. The Hall–Kier alpha value is -2.44. The second kappa shape index (κ2) is 10.4. The van der Waals surface area contributed by atoms with Crippen LogP contribution in [0.4, 0.5) is 5.82 Å². The molecule has 0 saturated carbocycles. The smallest absolute Gasteiger partial charge is 0.325 e. The average molecular weight is 463 g/mol. The van der Waals surface area contributed by atoms with E-state index in [1.54, 1.807) is 0 Å². The van der Waals surface area contributed by atoms with Crippen molar-refractivity contribution < 1.29 is 9.90 Å². The van der Waals surface area contributed by atoms with Crippen LogP contribution in [0, 0.1) is 12.8 Å². The molecule has 6 heteroatoms. The van der Waals surface area contributed by atoms with Crippen molar-refractivity contribution in [2.24, 2.45) is 5.92 Å². The number of benzene rings is 1. The van der Waals surface area contributed by atoms with Gasteiger partial charge in [0.2, 0.25) is 0 Å². The molecule has 0 amide bonds. The molecule has 5 rings (SSSR count). The van der Waals surface area contributed by atoms with Gasteiger partial charge in [0.25, 0.3) is 0 Å². The highest BCUT2D eigenvalue weighted by Crippen LogP contribution is 2.30. The molecule has 4 heterocycles. The van der Waals surface area contributed by atoms with E-state index in [0.717, 1.165) is 75.4 Å². The lowest BCUT2D eigenvalue weighted by Gasteiger charge is -2.43. The van der Waals surface area contributed by atoms with E-state index >= 15 is 0 Å². The van der Waals surface area contributed by atoms with E-state index in [1.807, 2.05) is 31.2 Å². The van der Waals surface area contributed by atoms with Crippen molar-refractivity contribution in [2.75, 3.05) is 38.0 Å². The average Bonchev–Trinajstić information content (AvgIpc) is 2.86. The third-order valence-corrected chi connectivity index (χ3v) is 8.11. The van der Waals surface area contributed by atoms with Crippen LogP contribution in [0.2, 0.25) is 0 Å². The zero-order valence-corrected chi connectivity index (χ0v) is 20.4. The maximum atomic E-state index is 12.1. The summed E-state index contributed by atoms with van der Waals surface area (Å²) in [5.74, 6) is 1.08. The Kier molecular flexibility index (Phi) is 7.16. The maximum absolute atomic E-state index is 12.1. The summed E-state index contributed by atoms with van der Waals surface area (Å²) in [5, 5.41) is 13.4. The van der Waals surface area contributed by atoms with Gasteiger partial charge in [-0.25, -0.2) is 4.98 Å². The summed E-state index contributed by atoms with van der Waals surface area (Å²) in [5.41, 5.74) is 4.65. The Morgan fingerprint density at radius 1 is 1.06 bits per heavy atom. The number of hydrogen-bond acceptors (Lipinski definition) is 5. The van der Waals surface area contributed by atoms with Crippen molar-refractivity contribution in [2.45, 2.75) is 64.0 Å². The molecule has 6 nitrogen and oxygen atoms in total. The first-order valence-electron chi connectivity index (χ1n) is 13.1. The molecule has 34 heavy (non-hydrogen) atoms. The summed E-state index contributed by atoms with van der Waals surface area (Å²) in [6, 6.07) is 12.5. The number of carbonyl (C=O) groups is 1. The quantitative estimate of drug-likeness (QED) is 0.667. The lowest BCUT2D eigenvalue weighted by atomic mass is 9.89. The van der Waals surface area contributed by atoms with E-state index in [1.165, 1.54) is 30.5 Å². The molecular formula is C28H38N4O2. The lowest BCUT2D eigenvalue weighted by molar-refractivity contribution is -0.144. The summed E-state index contributed by atoms with van der Waals surface area (Å²) >= 11 is 0. The summed E-state index contributed by atoms with van der Waals surface area (Å²) in [4.78, 5) is 21.8. The van der Waals surface area contributed by atoms with Crippen LogP contribution in [0.3, 0.4) is 0 Å². The van der Waals surface area contributed by atoms with Gasteiger partial charge in [0, 0.05) is 31.4 Å². The summed E-state index contributed by atoms with van der Waals surface area (Å²) in [6.07, 6.45) is 8.00. The highest BCUT2D eigenvalue weighted by molar-refractivity contribution is 5.75. The van der Waals surface area contributed by atoms with Crippen molar-refractivity contribution in [3.05, 3.63) is 58.8 Å². The number of aryl methyl sites for hydroxylation is 2. The third kappa shape index (κ3) is 5.28. The van der Waals surface area contributed by atoms with E-state index in [-0.39, 0.29) is 0 Å². The van der Waals surface area contributed by atoms with Gasteiger partial charge in [0.15, 0.2) is 0 Å². The molecular weight excluding hydrogens is 424 g/mol. The number of hydrogen-bond donors (Lipinski definition) is 2. The predicted octanol–water partition coefficient (Wildman–Crippen LogP) is 4.29. The fourth-order valence-corrected chi connectivity index (χ4v) is 6.07. The highest BCUT2D eigenvalue weighted by Gasteiger charge is 2.34. The Bertz CT molecular complexity index is 976. The number of rotatable bonds is 6. The van der Waals surface area contributed by atoms with Crippen molar-refractivity contribution in [3.8, 4) is 0 Å². The van der Waals surface area contributed by atoms with Gasteiger partial charge in [0.1, 0.15) is 11.9 Å². The number of anilines is 1. The molecule has 2 aromatic rings. The van der Waals surface area contributed by atoms with Crippen LogP contribution < -0.4 is 5.32 Å². The molecule has 1 aromatic carbocycles. The summed E-state index contributed by atoms with van der Waals surface area (Å²) < 4.78 is 0. The fraction of sp³-hybridized carbons (Fsp3) is 0.571. The molecule has 0 bridgehead atoms. The molecule has 0 radical (unpaired) electrons. The van der Waals surface area contributed by atoms with Gasteiger partial charge in [0.05, 0.1) is 0 Å². The van der Waals surface area contributed by atoms with Gasteiger partial charge in [-0.2, -0.15) is 0 Å². The molecule has 0 aliphatic carbocycles.